The van der Waals surface area contributed by atoms with Crippen LogP contribution in [0.2, 0.25) is 0 Å². The minimum Gasteiger partial charge on any atom is -0.441 e. The number of hydrogen-bond acceptors (Lipinski definition) is 5. The Labute approximate surface area is 117 Å². The van der Waals surface area contributed by atoms with Crippen molar-refractivity contribution < 1.29 is 9.15 Å². The molecule has 1 N–H and O–H groups in total. The average Bonchev–Trinajstić information content (AvgIpc) is 3.02. The van der Waals surface area contributed by atoms with E-state index in [1.807, 2.05) is 6.20 Å². The molecule has 0 atom stereocenters. The first-order valence-electron chi connectivity index (χ1n) is 6.49. The molecule has 0 spiro atoms. The van der Waals surface area contributed by atoms with Crippen LogP contribution in [0.3, 0.4) is 0 Å². The smallest absolute Gasteiger partial charge is 0.194 e. The maximum absolute atomic E-state index is 5.78. The van der Waals surface area contributed by atoms with Gasteiger partial charge in [-0.2, -0.15) is 11.3 Å². The molecule has 0 saturated carbocycles. The third-order valence-electron chi connectivity index (χ3n) is 2.90. The van der Waals surface area contributed by atoms with Crippen molar-refractivity contribution in [2.45, 2.75) is 19.8 Å². The summed E-state index contributed by atoms with van der Waals surface area (Å²) in [5, 5.41) is 7.53. The number of nitrogens with zero attached hydrogens (tertiary/aromatic N) is 1. The quantitative estimate of drug-likeness (QED) is 0.755. The van der Waals surface area contributed by atoms with Gasteiger partial charge in [0.05, 0.1) is 12.8 Å². The summed E-state index contributed by atoms with van der Waals surface area (Å²) >= 11 is 1.69. The van der Waals surface area contributed by atoms with Gasteiger partial charge in [0.25, 0.3) is 0 Å². The molecule has 2 heterocycles. The third kappa shape index (κ3) is 4.16. The summed E-state index contributed by atoms with van der Waals surface area (Å²) in [7, 11) is 1.71. The van der Waals surface area contributed by atoms with Gasteiger partial charge in [-0.3, -0.25) is 0 Å². The van der Waals surface area contributed by atoms with E-state index in [1.54, 1.807) is 18.4 Å². The number of oxazole rings is 1. The van der Waals surface area contributed by atoms with Gasteiger partial charge in [-0.25, -0.2) is 4.98 Å². The van der Waals surface area contributed by atoms with E-state index >= 15 is 0 Å². The zero-order valence-corrected chi connectivity index (χ0v) is 12.3. The fraction of sp³-hybridized carbons (Fsp3) is 0.500. The zero-order valence-electron chi connectivity index (χ0n) is 11.4. The topological polar surface area (TPSA) is 47.3 Å². The van der Waals surface area contributed by atoms with Gasteiger partial charge < -0.3 is 14.5 Å². The molecule has 4 nitrogen and oxygen atoms in total. The summed E-state index contributed by atoms with van der Waals surface area (Å²) in [6, 6.07) is 0. The van der Waals surface area contributed by atoms with Crippen molar-refractivity contribution in [3.05, 3.63) is 28.4 Å². The lowest BCUT2D eigenvalue weighted by atomic mass is 10.2. The van der Waals surface area contributed by atoms with Crippen molar-refractivity contribution in [1.29, 1.82) is 0 Å². The maximum atomic E-state index is 5.78. The molecule has 0 bridgehead atoms. The van der Waals surface area contributed by atoms with E-state index in [1.165, 1.54) is 5.56 Å². The predicted molar refractivity (Wildman–Crippen MR) is 77.6 cm³/mol. The van der Waals surface area contributed by atoms with Gasteiger partial charge in [-0.15, -0.1) is 0 Å². The third-order valence-corrected chi connectivity index (χ3v) is 3.76. The molecule has 0 aliphatic heterocycles. The van der Waals surface area contributed by atoms with Gasteiger partial charge >= 0.3 is 0 Å². The molecular formula is C14H20N2O2S. The molecule has 2 aromatic heterocycles. The highest BCUT2D eigenvalue weighted by molar-refractivity contribution is 7.08. The van der Waals surface area contributed by atoms with Crippen molar-refractivity contribution >= 4 is 11.3 Å². The van der Waals surface area contributed by atoms with Crippen LogP contribution in [0, 0.1) is 6.92 Å². The highest BCUT2D eigenvalue weighted by Crippen LogP contribution is 2.27. The summed E-state index contributed by atoms with van der Waals surface area (Å²) in [6.45, 7) is 4.69. The molecule has 0 radical (unpaired) electrons. The Bertz CT molecular complexity index is 493. The Balaban J connectivity index is 1.77. The Hall–Kier alpha value is -1.17. The molecule has 0 amide bonds. The number of hydrogen-bond donors (Lipinski definition) is 1. The Kier molecular flexibility index (Phi) is 5.57. The van der Waals surface area contributed by atoms with Crippen LogP contribution in [-0.4, -0.2) is 31.8 Å². The number of nitrogens with one attached hydrogen (secondary N) is 1. The summed E-state index contributed by atoms with van der Waals surface area (Å²) in [5.74, 6) is 1.69. The van der Waals surface area contributed by atoms with Gasteiger partial charge in [0.2, 0.25) is 0 Å². The summed E-state index contributed by atoms with van der Waals surface area (Å²) in [6.07, 6.45) is 3.71. The molecule has 0 aliphatic rings. The lowest BCUT2D eigenvalue weighted by Gasteiger charge is -2.02. The molecular weight excluding hydrogens is 260 g/mol. The molecule has 5 heteroatoms. The highest BCUT2D eigenvalue weighted by atomic mass is 32.1. The molecule has 2 aromatic rings. The number of thiophene rings is 1. The predicted octanol–water partition coefficient (Wildman–Crippen LogP) is 2.88. The van der Waals surface area contributed by atoms with E-state index in [0.29, 0.717) is 0 Å². The van der Waals surface area contributed by atoms with Crippen molar-refractivity contribution in [2.75, 3.05) is 26.8 Å². The van der Waals surface area contributed by atoms with Crippen LogP contribution in [0.4, 0.5) is 0 Å². The first-order chi connectivity index (χ1) is 9.31. The second kappa shape index (κ2) is 7.43. The Morgan fingerprint density at radius 2 is 2.26 bits per heavy atom. The van der Waals surface area contributed by atoms with Crippen LogP contribution in [0.1, 0.15) is 17.9 Å². The lowest BCUT2D eigenvalue weighted by molar-refractivity contribution is 0.199. The molecule has 0 saturated heterocycles. The summed E-state index contributed by atoms with van der Waals surface area (Å²) < 4.78 is 10.7. The standard InChI is InChI=1S/C14H20N2O2S/c1-11-9-19-10-12(11)13-8-16-14(18-13)4-3-5-15-6-7-17-2/h8-10,15H,3-7H2,1-2H3. The summed E-state index contributed by atoms with van der Waals surface area (Å²) in [4.78, 5) is 4.33. The van der Waals surface area contributed by atoms with Gasteiger partial charge in [0.15, 0.2) is 11.7 Å². The van der Waals surface area contributed by atoms with Crippen LogP contribution < -0.4 is 5.32 Å². The van der Waals surface area contributed by atoms with Crippen LogP contribution in [-0.2, 0) is 11.2 Å². The maximum Gasteiger partial charge on any atom is 0.194 e. The van der Waals surface area contributed by atoms with Gasteiger partial charge in [0.1, 0.15) is 0 Å². The van der Waals surface area contributed by atoms with Crippen molar-refractivity contribution in [3.63, 3.8) is 0 Å². The molecule has 104 valence electrons. The minimum atomic E-state index is 0.751. The highest BCUT2D eigenvalue weighted by Gasteiger charge is 2.09. The number of rotatable bonds is 8. The number of aromatic nitrogens is 1. The average molecular weight is 280 g/mol. The number of aryl methyl sites for hydroxylation is 2. The van der Waals surface area contributed by atoms with Crippen LogP contribution >= 0.6 is 11.3 Å². The first kappa shape index (κ1) is 14.2. The van der Waals surface area contributed by atoms with Gasteiger partial charge in [-0.1, -0.05) is 0 Å². The SMILES string of the molecule is COCCNCCCc1ncc(-c2cscc2C)o1. The van der Waals surface area contributed by atoms with Crippen LogP contribution in [0.15, 0.2) is 21.4 Å². The van der Waals surface area contributed by atoms with Crippen molar-refractivity contribution in [3.8, 4) is 11.3 Å². The fourth-order valence-electron chi connectivity index (χ4n) is 1.83. The Morgan fingerprint density at radius 3 is 3.00 bits per heavy atom. The second-order valence-corrected chi connectivity index (χ2v) is 5.18. The first-order valence-corrected chi connectivity index (χ1v) is 7.43. The van der Waals surface area contributed by atoms with Crippen molar-refractivity contribution in [1.82, 2.24) is 10.3 Å². The minimum absolute atomic E-state index is 0.751. The zero-order chi connectivity index (χ0) is 13.5. The van der Waals surface area contributed by atoms with Crippen LogP contribution in [0.25, 0.3) is 11.3 Å². The van der Waals surface area contributed by atoms with E-state index < -0.39 is 0 Å². The van der Waals surface area contributed by atoms with E-state index in [-0.39, 0.29) is 0 Å². The molecule has 0 unspecified atom stereocenters. The molecule has 19 heavy (non-hydrogen) atoms. The number of ether oxygens (including phenoxy) is 1. The van der Waals surface area contributed by atoms with E-state index in [9.17, 15) is 0 Å². The molecule has 0 aliphatic carbocycles. The van der Waals surface area contributed by atoms with Gasteiger partial charge in [-0.05, 0) is 30.8 Å². The monoisotopic (exact) mass is 280 g/mol. The second-order valence-electron chi connectivity index (χ2n) is 4.43. The lowest BCUT2D eigenvalue weighted by Crippen LogP contribution is -2.20. The number of methoxy groups -OCH3 is 1. The van der Waals surface area contributed by atoms with E-state index in [2.05, 4.69) is 28.0 Å². The van der Waals surface area contributed by atoms with E-state index in [4.69, 9.17) is 9.15 Å². The summed E-state index contributed by atoms with van der Waals surface area (Å²) in [5.41, 5.74) is 2.40. The molecule has 2 rings (SSSR count). The van der Waals surface area contributed by atoms with Crippen LogP contribution in [0.5, 0.6) is 0 Å². The molecule has 0 aromatic carbocycles. The normalized spacial score (nSPS) is 11.1. The van der Waals surface area contributed by atoms with Crippen molar-refractivity contribution in [2.24, 2.45) is 0 Å². The fourth-order valence-corrected chi connectivity index (χ4v) is 2.66. The van der Waals surface area contributed by atoms with E-state index in [0.717, 1.165) is 49.8 Å². The van der Waals surface area contributed by atoms with Gasteiger partial charge in [0, 0.05) is 31.0 Å². The Morgan fingerprint density at radius 1 is 1.37 bits per heavy atom. The molecule has 0 fully saturated rings. The largest absolute Gasteiger partial charge is 0.441 e.